The molecule has 1 atom stereocenters. The molecule has 1 aromatic rings. The first-order valence-corrected chi connectivity index (χ1v) is 8.83. The first-order chi connectivity index (χ1) is 9.86. The topological polar surface area (TPSA) is 52.7 Å². The Morgan fingerprint density at radius 3 is 2.67 bits per heavy atom. The molecule has 1 heterocycles. The molecule has 21 heavy (non-hydrogen) atoms. The monoisotopic (exact) mass is 311 g/mol. The summed E-state index contributed by atoms with van der Waals surface area (Å²) in [4.78, 5) is 2.41. The smallest absolute Gasteiger partial charge is 0.243 e. The van der Waals surface area contributed by atoms with Crippen molar-refractivity contribution in [2.45, 2.75) is 31.2 Å². The van der Waals surface area contributed by atoms with E-state index in [0.29, 0.717) is 18.0 Å². The molecule has 6 heteroatoms. The number of likely N-dealkylation sites (N-methyl/N-ethyl adjacent to an activating group) is 2. The molecule has 1 aliphatic rings. The lowest BCUT2D eigenvalue weighted by molar-refractivity contribution is 0.271. The van der Waals surface area contributed by atoms with Gasteiger partial charge in [0.2, 0.25) is 10.0 Å². The maximum Gasteiger partial charge on any atom is 0.243 e. The molecule has 1 unspecified atom stereocenters. The zero-order chi connectivity index (χ0) is 15.6. The summed E-state index contributed by atoms with van der Waals surface area (Å²) in [5.41, 5.74) is 2.14. The van der Waals surface area contributed by atoms with Gasteiger partial charge in [-0.3, -0.25) is 0 Å². The van der Waals surface area contributed by atoms with E-state index in [4.69, 9.17) is 0 Å². The normalized spacial score (nSPS) is 16.1. The van der Waals surface area contributed by atoms with Crippen molar-refractivity contribution < 1.29 is 8.42 Å². The van der Waals surface area contributed by atoms with E-state index in [9.17, 15) is 8.42 Å². The zero-order valence-electron chi connectivity index (χ0n) is 13.3. The van der Waals surface area contributed by atoms with Crippen LogP contribution in [0, 0.1) is 0 Å². The van der Waals surface area contributed by atoms with Crippen molar-refractivity contribution in [2.75, 3.05) is 39.0 Å². The molecule has 0 spiro atoms. The third-order valence-corrected chi connectivity index (χ3v) is 5.91. The molecule has 1 aliphatic heterocycles. The maximum absolute atomic E-state index is 12.9. The number of nitrogens with one attached hydrogen (secondary N) is 1. The van der Waals surface area contributed by atoms with Gasteiger partial charge in [0.1, 0.15) is 0 Å². The molecule has 0 aliphatic carbocycles. The van der Waals surface area contributed by atoms with Gasteiger partial charge < -0.3 is 10.2 Å². The molecule has 2 rings (SSSR count). The Morgan fingerprint density at radius 2 is 2.05 bits per heavy atom. The van der Waals surface area contributed by atoms with Crippen LogP contribution in [0.5, 0.6) is 0 Å². The van der Waals surface area contributed by atoms with E-state index in [1.807, 2.05) is 45.0 Å². The predicted molar refractivity (Wildman–Crippen MR) is 86.2 cm³/mol. The largest absolute Gasteiger partial charge is 0.384 e. The highest BCUT2D eigenvalue weighted by Gasteiger charge is 2.28. The third-order valence-electron chi connectivity index (χ3n) is 3.83. The van der Waals surface area contributed by atoms with Crippen molar-refractivity contribution in [1.29, 1.82) is 0 Å². The summed E-state index contributed by atoms with van der Waals surface area (Å²) in [6.45, 7) is 5.91. The lowest BCUT2D eigenvalue weighted by Crippen LogP contribution is -2.43. The minimum Gasteiger partial charge on any atom is -0.384 e. The average Bonchev–Trinajstić information content (AvgIpc) is 2.85. The molecule has 0 aromatic heterocycles. The first kappa shape index (κ1) is 16.3. The van der Waals surface area contributed by atoms with Crippen LogP contribution in [0.15, 0.2) is 23.1 Å². The number of rotatable bonds is 6. The highest BCUT2D eigenvalue weighted by atomic mass is 32.2. The summed E-state index contributed by atoms with van der Waals surface area (Å²) in [5.74, 6) is 0. The second kappa shape index (κ2) is 6.34. The number of hydrogen-bond acceptors (Lipinski definition) is 4. The van der Waals surface area contributed by atoms with Crippen LogP contribution < -0.4 is 5.32 Å². The van der Waals surface area contributed by atoms with Crippen LogP contribution >= 0.6 is 0 Å². The van der Waals surface area contributed by atoms with Crippen LogP contribution in [0.2, 0.25) is 0 Å². The third kappa shape index (κ3) is 3.39. The van der Waals surface area contributed by atoms with E-state index in [1.165, 1.54) is 0 Å². The lowest BCUT2D eigenvalue weighted by Gasteiger charge is -2.29. The van der Waals surface area contributed by atoms with Crippen molar-refractivity contribution in [3.05, 3.63) is 23.8 Å². The molecule has 5 nitrogen and oxygen atoms in total. The Morgan fingerprint density at radius 1 is 1.33 bits per heavy atom. The molecule has 0 amide bonds. The van der Waals surface area contributed by atoms with Crippen LogP contribution in [0.4, 0.5) is 5.69 Å². The second-order valence-electron chi connectivity index (χ2n) is 5.82. The SMILES string of the molecule is CCN(C(C)CN(C)C)S(=O)(=O)c1ccc2c(c1)CCN2. The highest BCUT2D eigenvalue weighted by molar-refractivity contribution is 7.89. The van der Waals surface area contributed by atoms with Crippen molar-refractivity contribution in [3.8, 4) is 0 Å². The summed E-state index contributed by atoms with van der Waals surface area (Å²) >= 11 is 0. The van der Waals surface area contributed by atoms with Gasteiger partial charge in [-0.1, -0.05) is 6.92 Å². The molecule has 0 saturated carbocycles. The number of nitrogens with zero attached hydrogens (tertiary/aromatic N) is 2. The van der Waals surface area contributed by atoms with Crippen LogP contribution in [0.25, 0.3) is 0 Å². The van der Waals surface area contributed by atoms with Gasteiger partial charge in [0, 0.05) is 31.4 Å². The van der Waals surface area contributed by atoms with E-state index < -0.39 is 10.0 Å². The fourth-order valence-corrected chi connectivity index (χ4v) is 4.60. The predicted octanol–water partition coefficient (Wildman–Crippen LogP) is 1.62. The zero-order valence-corrected chi connectivity index (χ0v) is 14.1. The minimum atomic E-state index is -3.44. The number of anilines is 1. The number of hydrogen-bond donors (Lipinski definition) is 1. The summed E-state index contributed by atoms with van der Waals surface area (Å²) in [6.07, 6.45) is 0.887. The summed E-state index contributed by atoms with van der Waals surface area (Å²) in [6, 6.07) is 5.34. The quantitative estimate of drug-likeness (QED) is 0.867. The van der Waals surface area contributed by atoms with Gasteiger partial charge in [-0.2, -0.15) is 4.31 Å². The second-order valence-corrected chi connectivity index (χ2v) is 7.71. The van der Waals surface area contributed by atoms with E-state index >= 15 is 0 Å². The minimum absolute atomic E-state index is 0.0543. The first-order valence-electron chi connectivity index (χ1n) is 7.39. The van der Waals surface area contributed by atoms with E-state index in [0.717, 1.165) is 24.2 Å². The van der Waals surface area contributed by atoms with Crippen molar-refractivity contribution in [1.82, 2.24) is 9.21 Å². The Bertz CT molecular complexity index is 599. The summed E-state index contributed by atoms with van der Waals surface area (Å²) < 4.78 is 27.3. The molecule has 0 saturated heterocycles. The molecule has 1 aromatic carbocycles. The number of fused-ring (bicyclic) bond motifs is 1. The van der Waals surface area contributed by atoms with Crippen molar-refractivity contribution >= 4 is 15.7 Å². The molecule has 118 valence electrons. The summed E-state index contributed by atoms with van der Waals surface area (Å²) in [7, 11) is 0.474. The van der Waals surface area contributed by atoms with Gasteiger partial charge in [-0.25, -0.2) is 8.42 Å². The molecule has 0 fully saturated rings. The van der Waals surface area contributed by atoms with E-state index in [2.05, 4.69) is 5.32 Å². The molecular formula is C15H25N3O2S. The standard InChI is InChI=1S/C15H25N3O2S/c1-5-18(12(2)11-17(3)4)21(19,20)14-6-7-15-13(10-14)8-9-16-15/h6-7,10,12,16H,5,8-9,11H2,1-4H3. The number of benzene rings is 1. The fraction of sp³-hybridized carbons (Fsp3) is 0.600. The summed E-state index contributed by atoms with van der Waals surface area (Å²) in [5, 5.41) is 3.26. The van der Waals surface area contributed by atoms with Crippen molar-refractivity contribution in [2.24, 2.45) is 0 Å². The van der Waals surface area contributed by atoms with Crippen LogP contribution in [0.1, 0.15) is 19.4 Å². The van der Waals surface area contributed by atoms with Gasteiger partial charge in [-0.05, 0) is 51.2 Å². The Kier molecular flexibility index (Phi) is 4.91. The molecule has 0 bridgehead atoms. The average molecular weight is 311 g/mol. The van der Waals surface area contributed by atoms with Gasteiger partial charge in [0.15, 0.2) is 0 Å². The molecular weight excluding hydrogens is 286 g/mol. The van der Waals surface area contributed by atoms with Crippen LogP contribution in [-0.2, 0) is 16.4 Å². The van der Waals surface area contributed by atoms with Crippen LogP contribution in [-0.4, -0.2) is 57.4 Å². The Hall–Kier alpha value is -1.11. The maximum atomic E-state index is 12.9. The van der Waals surface area contributed by atoms with Gasteiger partial charge >= 0.3 is 0 Å². The van der Waals surface area contributed by atoms with E-state index in [1.54, 1.807) is 10.4 Å². The fourth-order valence-electron chi connectivity index (χ4n) is 2.92. The van der Waals surface area contributed by atoms with Gasteiger partial charge in [-0.15, -0.1) is 0 Å². The number of sulfonamides is 1. The van der Waals surface area contributed by atoms with E-state index in [-0.39, 0.29) is 6.04 Å². The van der Waals surface area contributed by atoms with Crippen molar-refractivity contribution in [3.63, 3.8) is 0 Å². The van der Waals surface area contributed by atoms with Gasteiger partial charge in [0.05, 0.1) is 4.90 Å². The molecule has 0 radical (unpaired) electrons. The van der Waals surface area contributed by atoms with Gasteiger partial charge in [0.25, 0.3) is 0 Å². The highest BCUT2D eigenvalue weighted by Crippen LogP contribution is 2.27. The molecule has 1 N–H and O–H groups in total. The Labute approximate surface area is 128 Å². The Balaban J connectivity index is 2.31. The van der Waals surface area contributed by atoms with Crippen LogP contribution in [0.3, 0.4) is 0 Å². The lowest BCUT2D eigenvalue weighted by atomic mass is 10.2.